The largest absolute Gasteiger partial charge is 0.465 e. The molecule has 0 bridgehead atoms. The van der Waals surface area contributed by atoms with Crippen LogP contribution in [0, 0.1) is 11.6 Å². The van der Waals surface area contributed by atoms with Gasteiger partial charge < -0.3 is 23.7 Å². The number of halogens is 2. The van der Waals surface area contributed by atoms with E-state index in [0.29, 0.717) is 67.6 Å². The van der Waals surface area contributed by atoms with E-state index in [1.807, 2.05) is 9.80 Å². The van der Waals surface area contributed by atoms with Gasteiger partial charge in [-0.25, -0.2) is 13.6 Å². The number of nitrogens with zero attached hydrogens (tertiary/aromatic N) is 2. The molecule has 0 saturated carbocycles. The topological polar surface area (TPSA) is 72.2 Å². The normalized spacial score (nSPS) is 15.7. The number of carbonyl (C=O) groups excluding carboxylic acids is 1. The molecule has 9 heteroatoms. The van der Waals surface area contributed by atoms with Crippen LogP contribution in [0.15, 0.2) is 39.5 Å². The lowest BCUT2D eigenvalue weighted by molar-refractivity contribution is 0.0600. The number of fused-ring (bicyclic) bond motifs is 2. The van der Waals surface area contributed by atoms with Gasteiger partial charge in [0.25, 0.3) is 0 Å². The number of esters is 1. The summed E-state index contributed by atoms with van der Waals surface area (Å²) in [5.74, 6) is -1.41. The average molecular weight is 456 g/mol. The smallest absolute Gasteiger partial charge is 0.337 e. The molecule has 0 radical (unpaired) electrons. The zero-order valence-electron chi connectivity index (χ0n) is 18.0. The van der Waals surface area contributed by atoms with E-state index in [0.717, 1.165) is 6.07 Å². The molecule has 2 aliphatic heterocycles. The molecule has 2 aromatic carbocycles. The highest BCUT2D eigenvalue weighted by molar-refractivity contribution is 5.95. The zero-order valence-corrected chi connectivity index (χ0v) is 18.0. The molecular formula is C24H22F2N2O5. The van der Waals surface area contributed by atoms with Gasteiger partial charge in [-0.3, -0.25) is 4.79 Å². The van der Waals surface area contributed by atoms with Gasteiger partial charge in [0.1, 0.15) is 17.2 Å². The standard InChI is InChI=1S/C24H22F2N2O5/c1-31-24(30)14-8-15(13-28-3-2-17-19(26)10-16(25)11-20(17)28)23-18(9-14)21(29)12-22(33-23)27-4-6-32-7-5-27/h8-12H,2-7,13H2,1H3. The quantitative estimate of drug-likeness (QED) is 0.558. The van der Waals surface area contributed by atoms with Crippen LogP contribution in [0.25, 0.3) is 11.0 Å². The van der Waals surface area contributed by atoms with E-state index in [9.17, 15) is 18.4 Å². The van der Waals surface area contributed by atoms with Crippen molar-refractivity contribution in [2.75, 3.05) is 49.8 Å². The molecule has 1 fully saturated rings. The second kappa shape index (κ2) is 8.47. The Morgan fingerprint density at radius 2 is 1.88 bits per heavy atom. The Kier molecular flexibility index (Phi) is 5.49. The van der Waals surface area contributed by atoms with Crippen LogP contribution in [-0.4, -0.2) is 45.9 Å². The number of anilines is 2. The van der Waals surface area contributed by atoms with E-state index in [1.54, 1.807) is 6.07 Å². The fourth-order valence-electron chi connectivity index (χ4n) is 4.47. The van der Waals surface area contributed by atoms with Crippen LogP contribution in [0.3, 0.4) is 0 Å². The molecule has 0 aliphatic carbocycles. The third kappa shape index (κ3) is 3.93. The van der Waals surface area contributed by atoms with Gasteiger partial charge in [0.05, 0.1) is 31.3 Å². The number of morpholine rings is 1. The minimum atomic E-state index is -0.660. The number of hydrogen-bond donors (Lipinski definition) is 0. The molecule has 3 aromatic rings. The predicted octanol–water partition coefficient (Wildman–Crippen LogP) is 3.26. The summed E-state index contributed by atoms with van der Waals surface area (Å²) in [4.78, 5) is 29.0. The summed E-state index contributed by atoms with van der Waals surface area (Å²) in [5, 5.41) is 0.245. The first-order valence-electron chi connectivity index (χ1n) is 10.7. The molecule has 2 aliphatic rings. The number of ether oxygens (including phenoxy) is 2. The Balaban J connectivity index is 1.63. The number of methoxy groups -OCH3 is 1. The molecule has 0 atom stereocenters. The van der Waals surface area contributed by atoms with Crippen LogP contribution in [0.4, 0.5) is 20.4 Å². The summed E-state index contributed by atoms with van der Waals surface area (Å²) >= 11 is 0. The summed E-state index contributed by atoms with van der Waals surface area (Å²) in [6.45, 7) is 2.89. The predicted molar refractivity (Wildman–Crippen MR) is 118 cm³/mol. The fraction of sp³-hybridized carbons (Fsp3) is 0.333. The third-order valence-electron chi connectivity index (χ3n) is 6.11. The molecule has 172 valence electrons. The maximum Gasteiger partial charge on any atom is 0.337 e. The van der Waals surface area contributed by atoms with Gasteiger partial charge in [-0.05, 0) is 24.6 Å². The van der Waals surface area contributed by atoms with Gasteiger partial charge in [0.15, 0.2) is 11.3 Å². The highest BCUT2D eigenvalue weighted by Crippen LogP contribution is 2.34. The molecule has 5 rings (SSSR count). The summed E-state index contributed by atoms with van der Waals surface area (Å²) in [6, 6.07) is 6.65. The molecular weight excluding hydrogens is 434 g/mol. The van der Waals surface area contributed by atoms with Crippen molar-refractivity contribution in [3.8, 4) is 0 Å². The van der Waals surface area contributed by atoms with E-state index in [2.05, 4.69) is 0 Å². The van der Waals surface area contributed by atoms with E-state index in [4.69, 9.17) is 13.9 Å². The van der Waals surface area contributed by atoms with Crippen LogP contribution in [0.2, 0.25) is 0 Å². The number of carbonyl (C=O) groups is 1. The van der Waals surface area contributed by atoms with Gasteiger partial charge >= 0.3 is 5.97 Å². The van der Waals surface area contributed by atoms with Crippen molar-refractivity contribution >= 4 is 28.5 Å². The van der Waals surface area contributed by atoms with Crippen molar-refractivity contribution in [2.45, 2.75) is 13.0 Å². The van der Waals surface area contributed by atoms with Crippen LogP contribution in [-0.2, 0) is 22.4 Å². The molecule has 0 amide bonds. The van der Waals surface area contributed by atoms with Crippen molar-refractivity contribution in [3.05, 3.63) is 68.9 Å². The van der Waals surface area contributed by atoms with Crippen LogP contribution < -0.4 is 15.2 Å². The van der Waals surface area contributed by atoms with Gasteiger partial charge in [-0.1, -0.05) is 0 Å². The second-order valence-corrected chi connectivity index (χ2v) is 8.11. The fourth-order valence-corrected chi connectivity index (χ4v) is 4.47. The molecule has 1 aromatic heterocycles. The van der Waals surface area contributed by atoms with Crippen LogP contribution in [0.1, 0.15) is 21.5 Å². The van der Waals surface area contributed by atoms with Crippen molar-refractivity contribution in [1.82, 2.24) is 0 Å². The highest BCUT2D eigenvalue weighted by Gasteiger charge is 2.26. The molecule has 7 nitrogen and oxygen atoms in total. The third-order valence-corrected chi connectivity index (χ3v) is 6.11. The molecule has 0 spiro atoms. The Bertz CT molecular complexity index is 1300. The summed E-state index contributed by atoms with van der Waals surface area (Å²) < 4.78 is 44.6. The molecule has 1 saturated heterocycles. The lowest BCUT2D eigenvalue weighted by atomic mass is 10.0. The molecule has 3 heterocycles. The summed E-state index contributed by atoms with van der Waals surface area (Å²) in [5.41, 5.74) is 1.70. The minimum Gasteiger partial charge on any atom is -0.465 e. The van der Waals surface area contributed by atoms with Crippen molar-refractivity contribution in [2.24, 2.45) is 0 Å². The first-order valence-corrected chi connectivity index (χ1v) is 10.7. The Hall–Kier alpha value is -3.46. The summed E-state index contributed by atoms with van der Waals surface area (Å²) in [7, 11) is 1.26. The Morgan fingerprint density at radius 1 is 1.09 bits per heavy atom. The molecule has 0 N–H and O–H groups in total. The number of rotatable bonds is 4. The SMILES string of the molecule is COC(=O)c1cc(CN2CCc3c(F)cc(F)cc32)c2oc(N3CCOCC3)cc(=O)c2c1. The second-order valence-electron chi connectivity index (χ2n) is 8.11. The zero-order chi connectivity index (χ0) is 23.1. The van der Waals surface area contributed by atoms with Crippen LogP contribution in [0.5, 0.6) is 0 Å². The van der Waals surface area contributed by atoms with Gasteiger partial charge in [0.2, 0.25) is 0 Å². The van der Waals surface area contributed by atoms with Gasteiger partial charge in [-0.15, -0.1) is 0 Å². The van der Waals surface area contributed by atoms with Crippen LogP contribution >= 0.6 is 0 Å². The van der Waals surface area contributed by atoms with E-state index in [-0.39, 0.29) is 22.9 Å². The van der Waals surface area contributed by atoms with Crippen molar-refractivity contribution < 1.29 is 27.5 Å². The number of hydrogen-bond acceptors (Lipinski definition) is 7. The van der Waals surface area contributed by atoms with Gasteiger partial charge in [-0.2, -0.15) is 0 Å². The van der Waals surface area contributed by atoms with Gasteiger partial charge in [0, 0.05) is 55.1 Å². The lowest BCUT2D eigenvalue weighted by Gasteiger charge is -2.27. The average Bonchev–Trinajstić information content (AvgIpc) is 3.22. The summed E-state index contributed by atoms with van der Waals surface area (Å²) in [6.07, 6.45) is 0.430. The Morgan fingerprint density at radius 3 is 2.64 bits per heavy atom. The number of benzene rings is 2. The first kappa shape index (κ1) is 21.4. The molecule has 33 heavy (non-hydrogen) atoms. The highest BCUT2D eigenvalue weighted by atomic mass is 19.1. The minimum absolute atomic E-state index is 0.201. The maximum absolute atomic E-state index is 14.2. The van der Waals surface area contributed by atoms with E-state index < -0.39 is 17.6 Å². The van der Waals surface area contributed by atoms with Crippen molar-refractivity contribution in [1.29, 1.82) is 0 Å². The maximum atomic E-state index is 14.2. The first-order chi connectivity index (χ1) is 15.9. The molecule has 0 unspecified atom stereocenters. The van der Waals surface area contributed by atoms with E-state index >= 15 is 0 Å². The Labute approximate surface area is 188 Å². The monoisotopic (exact) mass is 456 g/mol. The van der Waals surface area contributed by atoms with Crippen molar-refractivity contribution in [3.63, 3.8) is 0 Å². The van der Waals surface area contributed by atoms with E-state index in [1.165, 1.54) is 25.3 Å². The lowest BCUT2D eigenvalue weighted by Crippen LogP contribution is -2.36.